The number of rotatable bonds is 5. The maximum Gasteiger partial charge on any atom is 0.343 e. The maximum atomic E-state index is 13.6. The fourth-order valence-corrected chi connectivity index (χ4v) is 1.51. The Bertz CT molecular complexity index is 597. The predicted molar refractivity (Wildman–Crippen MR) is 69.0 cm³/mol. The summed E-state index contributed by atoms with van der Waals surface area (Å²) in [5.41, 5.74) is -1.22. The van der Waals surface area contributed by atoms with Crippen molar-refractivity contribution in [3.63, 3.8) is 0 Å². The van der Waals surface area contributed by atoms with Crippen molar-refractivity contribution in [3.05, 3.63) is 46.9 Å². The summed E-state index contributed by atoms with van der Waals surface area (Å²) in [5.74, 6) is -6.11. The summed E-state index contributed by atoms with van der Waals surface area (Å²) in [6.07, 6.45) is 1.13. The molecule has 1 aromatic carbocycles. The second-order valence-corrected chi connectivity index (χ2v) is 4.30. The zero-order valence-electron chi connectivity index (χ0n) is 11.7. The molecule has 0 aromatic heterocycles. The van der Waals surface area contributed by atoms with Crippen molar-refractivity contribution in [1.82, 2.24) is 4.90 Å². The number of benzene rings is 1. The van der Waals surface area contributed by atoms with Crippen molar-refractivity contribution in [2.75, 3.05) is 20.7 Å². The van der Waals surface area contributed by atoms with E-state index in [1.807, 2.05) is 0 Å². The third-order valence-corrected chi connectivity index (χ3v) is 2.38. The molecule has 0 saturated carbocycles. The number of halogens is 3. The van der Waals surface area contributed by atoms with E-state index in [4.69, 9.17) is 4.74 Å². The zero-order valence-corrected chi connectivity index (χ0v) is 11.7. The van der Waals surface area contributed by atoms with Gasteiger partial charge in [0.2, 0.25) is 5.78 Å². The quantitative estimate of drug-likeness (QED) is 0.209. The van der Waals surface area contributed by atoms with Crippen molar-refractivity contribution in [2.24, 2.45) is 0 Å². The molecule has 0 radical (unpaired) electrons. The highest BCUT2D eigenvalue weighted by Crippen LogP contribution is 2.18. The van der Waals surface area contributed by atoms with E-state index < -0.39 is 40.3 Å². The first kappa shape index (κ1) is 16.7. The van der Waals surface area contributed by atoms with Crippen molar-refractivity contribution in [1.29, 1.82) is 0 Å². The molecule has 1 aromatic rings. The molecule has 0 aliphatic carbocycles. The van der Waals surface area contributed by atoms with Gasteiger partial charge < -0.3 is 9.64 Å². The van der Waals surface area contributed by atoms with Gasteiger partial charge in [0.15, 0.2) is 11.6 Å². The number of nitrogens with zero attached hydrogens (tertiary/aromatic N) is 1. The minimum atomic E-state index is -1.42. The number of carbonyl (C=O) groups excluding carboxylic acids is 2. The highest BCUT2D eigenvalue weighted by atomic mass is 19.2. The van der Waals surface area contributed by atoms with Crippen LogP contribution >= 0.6 is 0 Å². The average molecular weight is 301 g/mol. The molecule has 0 unspecified atom stereocenters. The molecule has 0 N–H and O–H groups in total. The predicted octanol–water partition coefficient (Wildman–Crippen LogP) is 2.30. The van der Waals surface area contributed by atoms with Crippen LogP contribution in [0.2, 0.25) is 0 Å². The Kier molecular flexibility index (Phi) is 5.52. The molecule has 1 rings (SSSR count). The first-order valence-electron chi connectivity index (χ1n) is 6.02. The summed E-state index contributed by atoms with van der Waals surface area (Å²) in [7, 11) is 3.07. The van der Waals surface area contributed by atoms with Gasteiger partial charge in [0.25, 0.3) is 0 Å². The Morgan fingerprint density at radius 3 is 2.24 bits per heavy atom. The molecule has 0 atom stereocenters. The first-order valence-corrected chi connectivity index (χ1v) is 6.02. The largest absolute Gasteiger partial charge is 0.462 e. The van der Waals surface area contributed by atoms with Crippen LogP contribution in [-0.2, 0) is 9.53 Å². The van der Waals surface area contributed by atoms with Gasteiger partial charge in [-0.2, -0.15) is 0 Å². The molecule has 0 aliphatic rings. The van der Waals surface area contributed by atoms with Gasteiger partial charge in [-0.25, -0.2) is 18.0 Å². The lowest BCUT2D eigenvalue weighted by molar-refractivity contribution is -0.138. The van der Waals surface area contributed by atoms with Crippen molar-refractivity contribution in [2.45, 2.75) is 6.92 Å². The van der Waals surface area contributed by atoms with Crippen molar-refractivity contribution < 1.29 is 27.5 Å². The second kappa shape index (κ2) is 6.92. The van der Waals surface area contributed by atoms with Crippen LogP contribution < -0.4 is 0 Å². The molecule has 114 valence electrons. The zero-order chi connectivity index (χ0) is 16.2. The number of esters is 1. The van der Waals surface area contributed by atoms with Gasteiger partial charge in [-0.05, 0) is 13.0 Å². The molecular weight excluding hydrogens is 287 g/mol. The lowest BCUT2D eigenvalue weighted by Crippen LogP contribution is -2.20. The summed E-state index contributed by atoms with van der Waals surface area (Å²) in [6.45, 7) is 1.55. The van der Waals surface area contributed by atoms with Crippen molar-refractivity contribution >= 4 is 11.8 Å². The van der Waals surface area contributed by atoms with E-state index in [9.17, 15) is 22.8 Å². The van der Waals surface area contributed by atoms with Gasteiger partial charge in [-0.1, -0.05) is 0 Å². The molecule has 21 heavy (non-hydrogen) atoms. The van der Waals surface area contributed by atoms with E-state index in [-0.39, 0.29) is 12.7 Å². The van der Waals surface area contributed by atoms with E-state index in [1.165, 1.54) is 25.9 Å². The van der Waals surface area contributed by atoms with Crippen LogP contribution in [0, 0.1) is 17.5 Å². The Morgan fingerprint density at radius 2 is 1.71 bits per heavy atom. The Hall–Kier alpha value is -2.31. The van der Waals surface area contributed by atoms with E-state index in [0.717, 1.165) is 6.20 Å². The SMILES string of the molecule is CCOC(=O)/C(=C\N(C)C)C(=O)c1cc(F)c(F)cc1F. The molecular formula is C14H14F3NO3. The number of hydrogen-bond acceptors (Lipinski definition) is 4. The van der Waals surface area contributed by atoms with E-state index >= 15 is 0 Å². The number of hydrogen-bond donors (Lipinski definition) is 0. The average Bonchev–Trinajstić information content (AvgIpc) is 2.39. The van der Waals surface area contributed by atoms with Crippen LogP contribution in [-0.4, -0.2) is 37.4 Å². The molecule has 4 nitrogen and oxygen atoms in total. The topological polar surface area (TPSA) is 46.6 Å². The van der Waals surface area contributed by atoms with Gasteiger partial charge in [0.1, 0.15) is 11.4 Å². The number of Topliss-reactive ketones (excluding diaryl/α,β-unsaturated/α-hetero) is 1. The Labute approximate surface area is 119 Å². The number of ether oxygens (including phenoxy) is 1. The number of ketones is 1. The first-order chi connectivity index (χ1) is 9.77. The standard InChI is InChI=1S/C14H14F3NO3/c1-4-21-14(20)9(7-18(2)3)13(19)8-5-11(16)12(17)6-10(8)15/h5-7H,4H2,1-3H3/b9-7-. The fraction of sp³-hybridized carbons (Fsp3) is 0.286. The second-order valence-electron chi connectivity index (χ2n) is 4.30. The van der Waals surface area contributed by atoms with Gasteiger partial charge in [-0.3, -0.25) is 4.79 Å². The molecule has 0 spiro atoms. The van der Waals surface area contributed by atoms with Gasteiger partial charge in [-0.15, -0.1) is 0 Å². The monoisotopic (exact) mass is 301 g/mol. The van der Waals surface area contributed by atoms with E-state index in [0.29, 0.717) is 6.07 Å². The minimum Gasteiger partial charge on any atom is -0.462 e. The van der Waals surface area contributed by atoms with Crippen LogP contribution in [0.5, 0.6) is 0 Å². The normalized spacial score (nSPS) is 11.2. The third-order valence-electron chi connectivity index (χ3n) is 2.38. The molecule has 7 heteroatoms. The highest BCUT2D eigenvalue weighted by molar-refractivity contribution is 6.24. The fourth-order valence-electron chi connectivity index (χ4n) is 1.51. The number of carbonyl (C=O) groups is 2. The summed E-state index contributed by atoms with van der Waals surface area (Å²) in [6, 6.07) is 0.663. The van der Waals surface area contributed by atoms with Crippen LogP contribution in [0.4, 0.5) is 13.2 Å². The van der Waals surface area contributed by atoms with Gasteiger partial charge in [0, 0.05) is 26.4 Å². The summed E-state index contributed by atoms with van der Waals surface area (Å²) < 4.78 is 44.3. The Balaban J connectivity index is 3.30. The van der Waals surface area contributed by atoms with Crippen LogP contribution in [0.3, 0.4) is 0 Å². The Morgan fingerprint density at radius 1 is 1.14 bits per heavy atom. The minimum absolute atomic E-state index is 0.0111. The lowest BCUT2D eigenvalue weighted by atomic mass is 10.0. The molecule has 0 fully saturated rings. The van der Waals surface area contributed by atoms with E-state index in [1.54, 1.807) is 0 Å². The summed E-state index contributed by atoms with van der Waals surface area (Å²) in [4.78, 5) is 25.3. The summed E-state index contributed by atoms with van der Waals surface area (Å²) in [5, 5.41) is 0. The van der Waals surface area contributed by atoms with E-state index in [2.05, 4.69) is 0 Å². The maximum absolute atomic E-state index is 13.6. The lowest BCUT2D eigenvalue weighted by Gasteiger charge is -2.11. The molecule has 0 heterocycles. The molecule has 0 bridgehead atoms. The third kappa shape index (κ3) is 4.08. The van der Waals surface area contributed by atoms with Gasteiger partial charge >= 0.3 is 5.97 Å². The van der Waals surface area contributed by atoms with Crippen molar-refractivity contribution in [3.8, 4) is 0 Å². The smallest absolute Gasteiger partial charge is 0.343 e. The van der Waals surface area contributed by atoms with Crippen LogP contribution in [0.1, 0.15) is 17.3 Å². The summed E-state index contributed by atoms with van der Waals surface area (Å²) >= 11 is 0. The molecule has 0 amide bonds. The molecule has 0 saturated heterocycles. The van der Waals surface area contributed by atoms with Crippen LogP contribution in [0.15, 0.2) is 23.9 Å². The van der Waals surface area contributed by atoms with Gasteiger partial charge in [0.05, 0.1) is 12.2 Å². The van der Waals surface area contributed by atoms with Crippen LogP contribution in [0.25, 0.3) is 0 Å². The highest BCUT2D eigenvalue weighted by Gasteiger charge is 2.25. The molecule has 0 aliphatic heterocycles.